The van der Waals surface area contributed by atoms with E-state index in [0.29, 0.717) is 0 Å². The maximum atomic E-state index is 14.2. The van der Waals surface area contributed by atoms with Gasteiger partial charge in [0.05, 0.1) is 12.2 Å². The molecule has 0 bridgehead atoms. The van der Waals surface area contributed by atoms with E-state index in [2.05, 4.69) is 24.9 Å². The average Bonchev–Trinajstić information content (AvgIpc) is 3.19. The Balaban J connectivity index is 1.48. The summed E-state index contributed by atoms with van der Waals surface area (Å²) in [6.07, 6.45) is 1.25. The van der Waals surface area contributed by atoms with Gasteiger partial charge in [-0.1, -0.05) is 26.8 Å². The maximum Gasteiger partial charge on any atom is 0.300 e. The Kier molecular flexibility index (Phi) is 4.43. The highest BCUT2D eigenvalue weighted by molar-refractivity contribution is 5.43. The monoisotopic (exact) mass is 390 g/mol. The van der Waals surface area contributed by atoms with Crippen molar-refractivity contribution in [1.29, 1.82) is 0 Å². The smallest absolute Gasteiger partial charge is 0.300 e. The van der Waals surface area contributed by atoms with Crippen molar-refractivity contribution in [1.82, 2.24) is 9.55 Å². The second-order valence-corrected chi connectivity index (χ2v) is 8.18. The number of benzene rings is 1. The van der Waals surface area contributed by atoms with Crippen LogP contribution in [0.15, 0.2) is 29.1 Å². The lowest BCUT2D eigenvalue weighted by Gasteiger charge is -2.19. The average molecular weight is 390 g/mol. The minimum atomic E-state index is -3.11. The number of aryl methyl sites for hydroxylation is 1. The third-order valence-electron chi connectivity index (χ3n) is 5.73. The van der Waals surface area contributed by atoms with Gasteiger partial charge in [-0.05, 0) is 41.5 Å². The van der Waals surface area contributed by atoms with Crippen LogP contribution in [0, 0.1) is 0 Å². The quantitative estimate of drug-likeness (QED) is 0.779. The van der Waals surface area contributed by atoms with Crippen LogP contribution in [0.25, 0.3) is 0 Å². The molecule has 0 fully saturated rings. The highest BCUT2D eigenvalue weighted by Crippen LogP contribution is 2.40. The molecule has 7 heteroatoms. The van der Waals surface area contributed by atoms with Gasteiger partial charge in [-0.3, -0.25) is 9.36 Å². The Hall–Kier alpha value is -2.44. The predicted octanol–water partition coefficient (Wildman–Crippen LogP) is 3.81. The van der Waals surface area contributed by atoms with E-state index in [0.717, 1.165) is 24.7 Å². The molecule has 5 nitrogen and oxygen atoms in total. The molecule has 2 aromatic rings. The number of fused-ring (bicyclic) bond motifs is 2. The Bertz CT molecular complexity index is 969. The Labute approximate surface area is 162 Å². The lowest BCUT2D eigenvalue weighted by molar-refractivity contribution is -0.0169. The summed E-state index contributed by atoms with van der Waals surface area (Å²) in [6, 6.07) is 6.90. The SMILES string of the molecule is CCC(F)(F)c1cc(=O)nc2n1C[C@@H](COc1ccc3c(c1)CCC3(C)C)O2. The molecule has 4 rings (SSSR count). The molecule has 1 atom stereocenters. The summed E-state index contributed by atoms with van der Waals surface area (Å²) in [6.45, 7) is 6.22. The summed E-state index contributed by atoms with van der Waals surface area (Å²) in [5.41, 5.74) is 1.74. The van der Waals surface area contributed by atoms with Crippen LogP contribution < -0.4 is 15.0 Å². The van der Waals surface area contributed by atoms with Crippen LogP contribution in [0.4, 0.5) is 8.78 Å². The molecular formula is C21H24F2N2O3. The van der Waals surface area contributed by atoms with Gasteiger partial charge in [0.1, 0.15) is 12.4 Å². The minimum Gasteiger partial charge on any atom is -0.490 e. The highest BCUT2D eigenvalue weighted by atomic mass is 19.3. The summed E-state index contributed by atoms with van der Waals surface area (Å²) >= 11 is 0. The van der Waals surface area contributed by atoms with Crippen LogP contribution >= 0.6 is 0 Å². The van der Waals surface area contributed by atoms with Crippen molar-refractivity contribution in [3.63, 3.8) is 0 Å². The molecule has 2 heterocycles. The van der Waals surface area contributed by atoms with Gasteiger partial charge in [0.25, 0.3) is 11.5 Å². The summed E-state index contributed by atoms with van der Waals surface area (Å²) in [5.74, 6) is -2.37. The fourth-order valence-corrected chi connectivity index (χ4v) is 4.01. The molecule has 0 saturated carbocycles. The van der Waals surface area contributed by atoms with Crippen LogP contribution in [0.2, 0.25) is 0 Å². The molecule has 1 aliphatic heterocycles. The molecule has 0 spiro atoms. The third-order valence-corrected chi connectivity index (χ3v) is 5.73. The van der Waals surface area contributed by atoms with Crippen molar-refractivity contribution >= 4 is 0 Å². The lowest BCUT2D eigenvalue weighted by atomic mass is 9.87. The largest absolute Gasteiger partial charge is 0.490 e. The van der Waals surface area contributed by atoms with Crippen molar-refractivity contribution in [3.05, 3.63) is 51.4 Å². The summed E-state index contributed by atoms with van der Waals surface area (Å²) in [7, 11) is 0. The zero-order chi connectivity index (χ0) is 20.1. The van der Waals surface area contributed by atoms with Gasteiger partial charge >= 0.3 is 6.01 Å². The third kappa shape index (κ3) is 3.27. The Morgan fingerprint density at radius 1 is 1.36 bits per heavy atom. The van der Waals surface area contributed by atoms with E-state index in [-0.39, 0.29) is 30.3 Å². The molecule has 1 aromatic heterocycles. The van der Waals surface area contributed by atoms with Crippen molar-refractivity contribution in [2.75, 3.05) is 6.61 Å². The van der Waals surface area contributed by atoms with Crippen LogP contribution in [0.5, 0.6) is 11.8 Å². The van der Waals surface area contributed by atoms with Gasteiger partial charge < -0.3 is 9.47 Å². The van der Waals surface area contributed by atoms with Gasteiger partial charge in [-0.15, -0.1) is 0 Å². The van der Waals surface area contributed by atoms with Crippen molar-refractivity contribution in [2.24, 2.45) is 0 Å². The molecule has 0 saturated heterocycles. The van der Waals surface area contributed by atoms with Crippen molar-refractivity contribution in [2.45, 2.75) is 64.0 Å². The topological polar surface area (TPSA) is 53.4 Å². The fraction of sp³-hybridized carbons (Fsp3) is 0.524. The number of ether oxygens (including phenoxy) is 2. The maximum absolute atomic E-state index is 14.2. The van der Waals surface area contributed by atoms with Gasteiger partial charge in [0, 0.05) is 12.5 Å². The normalized spacial score (nSPS) is 19.8. The number of nitrogens with zero attached hydrogens (tertiary/aromatic N) is 2. The molecule has 0 amide bonds. The van der Waals surface area contributed by atoms with Gasteiger partial charge in [-0.2, -0.15) is 13.8 Å². The van der Waals surface area contributed by atoms with Crippen LogP contribution in [0.3, 0.4) is 0 Å². The number of halogens is 2. The predicted molar refractivity (Wildman–Crippen MR) is 100 cm³/mol. The molecule has 150 valence electrons. The zero-order valence-corrected chi connectivity index (χ0v) is 16.3. The standard InChI is InChI=1S/C21H24F2N2O3/c1-4-21(22,23)17-10-18(26)24-19-25(17)11-15(28-19)12-27-14-5-6-16-13(9-14)7-8-20(16,2)3/h5-6,9-10,15H,4,7-8,11-12H2,1-3H3/t15-/m0/s1. The number of hydrogen-bond acceptors (Lipinski definition) is 4. The van der Waals surface area contributed by atoms with E-state index in [1.165, 1.54) is 22.6 Å². The van der Waals surface area contributed by atoms with E-state index < -0.39 is 24.0 Å². The first-order valence-corrected chi connectivity index (χ1v) is 9.63. The van der Waals surface area contributed by atoms with Gasteiger partial charge in [0.2, 0.25) is 0 Å². The molecule has 2 aliphatic rings. The first kappa shape index (κ1) is 18.9. The number of hydrogen-bond donors (Lipinski definition) is 0. The molecule has 28 heavy (non-hydrogen) atoms. The molecule has 1 aromatic carbocycles. The van der Waals surface area contributed by atoms with Crippen LogP contribution in [-0.2, 0) is 24.3 Å². The summed E-state index contributed by atoms with van der Waals surface area (Å²) in [4.78, 5) is 15.4. The van der Waals surface area contributed by atoms with E-state index in [1.54, 1.807) is 0 Å². The Morgan fingerprint density at radius 3 is 2.89 bits per heavy atom. The summed E-state index contributed by atoms with van der Waals surface area (Å²) < 4.78 is 41.2. The fourth-order valence-electron chi connectivity index (χ4n) is 4.01. The molecule has 1 aliphatic carbocycles. The second kappa shape index (κ2) is 6.57. The van der Waals surface area contributed by atoms with E-state index in [9.17, 15) is 13.6 Å². The molecule has 0 N–H and O–H groups in total. The van der Waals surface area contributed by atoms with Gasteiger partial charge in [0.15, 0.2) is 6.10 Å². The van der Waals surface area contributed by atoms with Gasteiger partial charge in [-0.25, -0.2) is 0 Å². The first-order valence-electron chi connectivity index (χ1n) is 9.63. The van der Waals surface area contributed by atoms with Crippen molar-refractivity contribution < 1.29 is 18.3 Å². The van der Waals surface area contributed by atoms with Crippen molar-refractivity contribution in [3.8, 4) is 11.8 Å². The molecule has 0 unspecified atom stereocenters. The number of aromatic nitrogens is 2. The van der Waals surface area contributed by atoms with E-state index in [4.69, 9.17) is 9.47 Å². The van der Waals surface area contributed by atoms with E-state index in [1.807, 2.05) is 12.1 Å². The molecular weight excluding hydrogens is 366 g/mol. The minimum absolute atomic E-state index is 0.0695. The van der Waals surface area contributed by atoms with Crippen LogP contribution in [0.1, 0.15) is 50.4 Å². The number of alkyl halides is 2. The lowest BCUT2D eigenvalue weighted by Crippen LogP contribution is -2.25. The second-order valence-electron chi connectivity index (χ2n) is 8.18. The molecule has 0 radical (unpaired) electrons. The van der Waals surface area contributed by atoms with E-state index >= 15 is 0 Å². The zero-order valence-electron chi connectivity index (χ0n) is 16.3. The Morgan fingerprint density at radius 2 is 2.14 bits per heavy atom. The number of rotatable bonds is 5. The van der Waals surface area contributed by atoms with Crippen LogP contribution in [-0.4, -0.2) is 22.3 Å². The first-order chi connectivity index (χ1) is 13.2. The highest BCUT2D eigenvalue weighted by Gasteiger charge is 2.37. The summed E-state index contributed by atoms with van der Waals surface area (Å²) in [5, 5.41) is 0.